The first kappa shape index (κ1) is 17.4. The summed E-state index contributed by atoms with van der Waals surface area (Å²) >= 11 is 6.22. The molecular formula is C19H17ClN6O. The number of nitrogens with one attached hydrogen (secondary N) is 1. The Kier molecular flexibility index (Phi) is 4.70. The predicted molar refractivity (Wildman–Crippen MR) is 105 cm³/mol. The largest absolute Gasteiger partial charge is 0.396 e. The number of rotatable bonds is 5. The molecule has 0 amide bonds. The van der Waals surface area contributed by atoms with Crippen molar-refractivity contribution in [1.29, 1.82) is 0 Å². The normalized spacial score (nSPS) is 11.1. The molecule has 0 unspecified atom stereocenters. The molecule has 0 atom stereocenters. The molecule has 0 radical (unpaired) electrons. The van der Waals surface area contributed by atoms with Crippen LogP contribution in [0.3, 0.4) is 0 Å². The number of nitrogens with zero attached hydrogens (tertiary/aromatic N) is 5. The number of benzene rings is 1. The van der Waals surface area contributed by atoms with Gasteiger partial charge in [-0.05, 0) is 55.3 Å². The van der Waals surface area contributed by atoms with E-state index in [9.17, 15) is 0 Å². The van der Waals surface area contributed by atoms with Crippen LogP contribution in [0.25, 0.3) is 16.9 Å². The summed E-state index contributed by atoms with van der Waals surface area (Å²) in [4.78, 5) is 8.89. The van der Waals surface area contributed by atoms with Crippen molar-refractivity contribution >= 4 is 34.1 Å². The number of aryl methyl sites for hydroxylation is 1. The van der Waals surface area contributed by atoms with E-state index in [-0.39, 0.29) is 6.61 Å². The van der Waals surface area contributed by atoms with Gasteiger partial charge >= 0.3 is 0 Å². The number of pyridine rings is 1. The second-order valence-corrected chi connectivity index (χ2v) is 6.45. The molecule has 8 heteroatoms. The molecule has 136 valence electrons. The van der Waals surface area contributed by atoms with E-state index in [0.717, 1.165) is 28.0 Å². The molecule has 0 saturated heterocycles. The van der Waals surface area contributed by atoms with Crippen LogP contribution in [0.15, 0.2) is 48.8 Å². The second-order valence-electron chi connectivity index (χ2n) is 6.10. The van der Waals surface area contributed by atoms with Crippen LogP contribution in [0, 0.1) is 6.92 Å². The zero-order chi connectivity index (χ0) is 18.8. The van der Waals surface area contributed by atoms with Gasteiger partial charge in [0.1, 0.15) is 17.3 Å². The smallest absolute Gasteiger partial charge is 0.153 e. The lowest BCUT2D eigenvalue weighted by Gasteiger charge is -2.08. The Bertz CT molecular complexity index is 1090. The van der Waals surface area contributed by atoms with Gasteiger partial charge in [0.05, 0.1) is 16.7 Å². The molecule has 27 heavy (non-hydrogen) atoms. The lowest BCUT2D eigenvalue weighted by Crippen LogP contribution is -2.00. The number of imidazole rings is 1. The highest BCUT2D eigenvalue weighted by Crippen LogP contribution is 2.24. The second kappa shape index (κ2) is 7.30. The molecule has 4 aromatic rings. The van der Waals surface area contributed by atoms with Crippen molar-refractivity contribution in [3.8, 4) is 5.82 Å². The minimum absolute atomic E-state index is 0.0376. The third-order valence-corrected chi connectivity index (χ3v) is 4.48. The van der Waals surface area contributed by atoms with Gasteiger partial charge in [0.25, 0.3) is 0 Å². The van der Waals surface area contributed by atoms with Gasteiger partial charge in [-0.25, -0.2) is 9.97 Å². The molecule has 0 fully saturated rings. The molecule has 1 aromatic carbocycles. The first-order valence-corrected chi connectivity index (χ1v) is 8.83. The fourth-order valence-electron chi connectivity index (χ4n) is 2.78. The molecule has 3 aromatic heterocycles. The molecule has 3 heterocycles. The maximum Gasteiger partial charge on any atom is 0.153 e. The van der Waals surface area contributed by atoms with Crippen LogP contribution >= 0.6 is 11.6 Å². The van der Waals surface area contributed by atoms with Crippen LogP contribution in [0.2, 0.25) is 5.15 Å². The van der Waals surface area contributed by atoms with Crippen LogP contribution in [0.1, 0.15) is 11.3 Å². The highest BCUT2D eigenvalue weighted by Gasteiger charge is 2.09. The summed E-state index contributed by atoms with van der Waals surface area (Å²) in [5.74, 6) is 1.35. The van der Waals surface area contributed by atoms with Crippen molar-refractivity contribution < 1.29 is 5.11 Å². The van der Waals surface area contributed by atoms with Gasteiger partial charge in [-0.3, -0.25) is 4.57 Å². The van der Waals surface area contributed by atoms with E-state index < -0.39 is 0 Å². The van der Waals surface area contributed by atoms with E-state index in [1.54, 1.807) is 6.33 Å². The third-order valence-electron chi connectivity index (χ3n) is 4.16. The zero-order valence-corrected chi connectivity index (χ0v) is 15.4. The Morgan fingerprint density at radius 3 is 2.74 bits per heavy atom. The van der Waals surface area contributed by atoms with Crippen molar-refractivity contribution in [3.63, 3.8) is 0 Å². The Morgan fingerprint density at radius 1 is 1.11 bits per heavy atom. The number of hydrogen-bond acceptors (Lipinski definition) is 6. The average molecular weight is 381 g/mol. The lowest BCUT2D eigenvalue weighted by atomic mass is 10.2. The molecular weight excluding hydrogens is 364 g/mol. The van der Waals surface area contributed by atoms with Crippen molar-refractivity contribution in [3.05, 3.63) is 65.2 Å². The molecule has 0 bridgehead atoms. The number of anilines is 2. The lowest BCUT2D eigenvalue weighted by molar-refractivity contribution is 0.299. The van der Waals surface area contributed by atoms with E-state index >= 15 is 0 Å². The summed E-state index contributed by atoms with van der Waals surface area (Å²) in [5, 5.41) is 20.8. The summed E-state index contributed by atoms with van der Waals surface area (Å²) in [5.41, 5.74) is 4.28. The minimum Gasteiger partial charge on any atom is -0.396 e. The fourth-order valence-corrected chi connectivity index (χ4v) is 3.03. The number of hydrogen-bond donors (Lipinski definition) is 2. The van der Waals surface area contributed by atoms with Gasteiger partial charge in [0.2, 0.25) is 0 Å². The Balaban J connectivity index is 1.64. The molecule has 7 nitrogen and oxygen atoms in total. The summed E-state index contributed by atoms with van der Waals surface area (Å²) in [6.45, 7) is 1.93. The van der Waals surface area contributed by atoms with Crippen molar-refractivity contribution in [1.82, 2.24) is 24.7 Å². The van der Waals surface area contributed by atoms with E-state index in [1.807, 2.05) is 54.0 Å². The third kappa shape index (κ3) is 3.60. The highest BCUT2D eigenvalue weighted by molar-refractivity contribution is 6.30. The van der Waals surface area contributed by atoms with Crippen molar-refractivity contribution in [2.24, 2.45) is 0 Å². The van der Waals surface area contributed by atoms with E-state index in [0.29, 0.717) is 23.2 Å². The maximum atomic E-state index is 9.07. The summed E-state index contributed by atoms with van der Waals surface area (Å²) in [6.07, 6.45) is 2.19. The summed E-state index contributed by atoms with van der Waals surface area (Å²) < 4.78 is 1.87. The van der Waals surface area contributed by atoms with Gasteiger partial charge in [0.15, 0.2) is 5.82 Å². The minimum atomic E-state index is 0.0376. The number of halogens is 1. The number of aromatic nitrogens is 5. The molecule has 0 aliphatic carbocycles. The van der Waals surface area contributed by atoms with Gasteiger partial charge in [-0.15, -0.1) is 5.10 Å². The highest BCUT2D eigenvalue weighted by atomic mass is 35.5. The van der Waals surface area contributed by atoms with Gasteiger partial charge in [0, 0.05) is 12.3 Å². The van der Waals surface area contributed by atoms with Crippen molar-refractivity contribution in [2.75, 3.05) is 11.9 Å². The van der Waals surface area contributed by atoms with Crippen LogP contribution in [0.4, 0.5) is 11.5 Å². The van der Waals surface area contributed by atoms with Crippen LogP contribution < -0.4 is 5.32 Å². The first-order valence-electron chi connectivity index (χ1n) is 8.45. The summed E-state index contributed by atoms with van der Waals surface area (Å²) in [7, 11) is 0. The molecule has 2 N–H and O–H groups in total. The Labute approximate surface area is 160 Å². The molecule has 0 spiro atoms. The number of aliphatic hydroxyl groups excluding tert-OH is 1. The van der Waals surface area contributed by atoms with Gasteiger partial charge in [-0.1, -0.05) is 17.7 Å². The molecule has 0 saturated carbocycles. The van der Waals surface area contributed by atoms with Gasteiger partial charge < -0.3 is 10.4 Å². The fraction of sp³-hybridized carbons (Fsp3) is 0.158. The van der Waals surface area contributed by atoms with E-state index in [2.05, 4.69) is 25.5 Å². The van der Waals surface area contributed by atoms with Crippen LogP contribution in [-0.4, -0.2) is 36.4 Å². The maximum absolute atomic E-state index is 9.07. The predicted octanol–water partition coefficient (Wildman–Crippen LogP) is 3.45. The standard InChI is InChI=1S/C19H17ClN6O/c1-12-2-6-17(25-24-12)22-14-4-5-16-15(10-14)21-11-26(16)18-7-3-13(8-9-27)19(20)23-18/h2-7,10-11,27H,8-9H2,1H3,(H,22,25). The first-order chi connectivity index (χ1) is 13.1. The van der Waals surface area contributed by atoms with Crippen LogP contribution in [-0.2, 0) is 6.42 Å². The van der Waals surface area contributed by atoms with Gasteiger partial charge in [-0.2, -0.15) is 5.10 Å². The zero-order valence-electron chi connectivity index (χ0n) is 14.6. The average Bonchev–Trinajstić information content (AvgIpc) is 3.09. The topological polar surface area (TPSA) is 88.8 Å². The number of aliphatic hydroxyl groups is 1. The monoisotopic (exact) mass is 380 g/mol. The van der Waals surface area contributed by atoms with Crippen molar-refractivity contribution in [2.45, 2.75) is 13.3 Å². The quantitative estimate of drug-likeness (QED) is 0.515. The van der Waals surface area contributed by atoms with Crippen LogP contribution in [0.5, 0.6) is 0 Å². The number of fused-ring (bicyclic) bond motifs is 1. The van der Waals surface area contributed by atoms with E-state index in [1.165, 1.54) is 0 Å². The van der Waals surface area contributed by atoms with E-state index in [4.69, 9.17) is 16.7 Å². The Hall–Kier alpha value is -3.03. The summed E-state index contributed by atoms with van der Waals surface area (Å²) in [6, 6.07) is 13.4. The SMILES string of the molecule is Cc1ccc(Nc2ccc3c(c2)ncn3-c2ccc(CCO)c(Cl)n2)nn1. The molecule has 4 rings (SSSR count). The Morgan fingerprint density at radius 2 is 2.00 bits per heavy atom. The molecule has 0 aliphatic rings. The molecule has 0 aliphatic heterocycles.